The van der Waals surface area contributed by atoms with Crippen LogP contribution in [-0.2, 0) is 11.2 Å². The molecular weight excluding hydrogens is 318 g/mol. The minimum Gasteiger partial charge on any atom is -0.326 e. The molecule has 2 saturated carbocycles. The van der Waals surface area contributed by atoms with E-state index in [0.29, 0.717) is 5.92 Å². The van der Waals surface area contributed by atoms with E-state index >= 15 is 0 Å². The summed E-state index contributed by atoms with van der Waals surface area (Å²) < 4.78 is 0. The Bertz CT molecular complexity index is 754. The molecule has 0 saturated heterocycles. The molecule has 1 N–H and O–H groups in total. The van der Waals surface area contributed by atoms with E-state index in [1.807, 2.05) is 6.07 Å². The Morgan fingerprint density at radius 1 is 1.04 bits per heavy atom. The van der Waals surface area contributed by atoms with Crippen molar-refractivity contribution in [3.05, 3.63) is 65.2 Å². The molecule has 2 aliphatic carbocycles. The van der Waals surface area contributed by atoms with E-state index in [9.17, 15) is 4.79 Å². The Hall–Kier alpha value is -2.09. The highest BCUT2D eigenvalue weighted by Gasteiger charge is 2.32. The summed E-state index contributed by atoms with van der Waals surface area (Å²) in [5.41, 5.74) is 4.70. The second kappa shape index (κ2) is 7.65. The molecule has 4 rings (SSSR count). The highest BCUT2D eigenvalue weighted by atomic mass is 16.1. The largest absolute Gasteiger partial charge is 0.326 e. The van der Waals surface area contributed by atoms with Crippen LogP contribution in [0.5, 0.6) is 0 Å². The number of rotatable bonds is 6. The van der Waals surface area contributed by atoms with Gasteiger partial charge in [0.15, 0.2) is 0 Å². The van der Waals surface area contributed by atoms with E-state index in [2.05, 4.69) is 54.7 Å². The number of amides is 1. The van der Waals surface area contributed by atoms with Gasteiger partial charge in [-0.3, -0.25) is 4.79 Å². The van der Waals surface area contributed by atoms with Crippen LogP contribution in [0.1, 0.15) is 61.1 Å². The van der Waals surface area contributed by atoms with Gasteiger partial charge in [0.2, 0.25) is 5.91 Å². The van der Waals surface area contributed by atoms with Crippen LogP contribution in [0.2, 0.25) is 0 Å². The van der Waals surface area contributed by atoms with Gasteiger partial charge in [0.05, 0.1) is 5.92 Å². The smallest absolute Gasteiger partial charge is 0.232 e. The molecule has 0 radical (unpaired) electrons. The molecule has 2 aromatic carbocycles. The highest BCUT2D eigenvalue weighted by Crippen LogP contribution is 2.38. The van der Waals surface area contributed by atoms with Crippen LogP contribution in [0.25, 0.3) is 0 Å². The average Bonchev–Trinajstić information content (AvgIpc) is 3.28. The van der Waals surface area contributed by atoms with Crippen molar-refractivity contribution >= 4 is 11.6 Å². The van der Waals surface area contributed by atoms with Gasteiger partial charge in [0.25, 0.3) is 0 Å². The first-order valence-electron chi connectivity index (χ1n) is 10.2. The fourth-order valence-corrected chi connectivity index (χ4v) is 4.35. The standard InChI is InChI=1S/C24H29NO/c1-17-9-13-21(14-10-17)23(20-6-2-3-7-20)24(26)25-22-8-4-5-19(16-22)15-18-11-12-18/h4-5,8-10,13-14,16,18,20,23H,2-3,6-7,11-12,15H2,1H3,(H,25,26)/t23-/m0/s1. The summed E-state index contributed by atoms with van der Waals surface area (Å²) in [4.78, 5) is 13.2. The summed E-state index contributed by atoms with van der Waals surface area (Å²) in [6, 6.07) is 17.0. The second-order valence-corrected chi connectivity index (χ2v) is 8.27. The molecule has 2 aromatic rings. The summed E-state index contributed by atoms with van der Waals surface area (Å²) >= 11 is 0. The predicted molar refractivity (Wildman–Crippen MR) is 107 cm³/mol. The maximum absolute atomic E-state index is 13.2. The van der Waals surface area contributed by atoms with Gasteiger partial charge in [-0.1, -0.05) is 54.8 Å². The van der Waals surface area contributed by atoms with Gasteiger partial charge in [-0.2, -0.15) is 0 Å². The molecule has 1 amide bonds. The molecule has 1 atom stereocenters. The maximum Gasteiger partial charge on any atom is 0.232 e. The molecule has 0 aliphatic heterocycles. The molecule has 26 heavy (non-hydrogen) atoms. The predicted octanol–water partition coefficient (Wildman–Crippen LogP) is 5.86. The van der Waals surface area contributed by atoms with Crippen molar-refractivity contribution in [3.63, 3.8) is 0 Å². The zero-order chi connectivity index (χ0) is 17.9. The van der Waals surface area contributed by atoms with E-state index in [1.165, 1.54) is 36.8 Å². The average molecular weight is 348 g/mol. The third-order valence-corrected chi connectivity index (χ3v) is 6.01. The van der Waals surface area contributed by atoms with Crippen LogP contribution in [0.4, 0.5) is 5.69 Å². The lowest BCUT2D eigenvalue weighted by molar-refractivity contribution is -0.118. The number of aryl methyl sites for hydroxylation is 1. The van der Waals surface area contributed by atoms with Crippen molar-refractivity contribution in [1.29, 1.82) is 0 Å². The normalized spacial score (nSPS) is 18.7. The zero-order valence-electron chi connectivity index (χ0n) is 15.7. The van der Waals surface area contributed by atoms with Gasteiger partial charge in [0, 0.05) is 5.69 Å². The van der Waals surface area contributed by atoms with Crippen LogP contribution in [0.3, 0.4) is 0 Å². The minimum atomic E-state index is -0.0369. The molecule has 0 spiro atoms. The first-order chi connectivity index (χ1) is 12.7. The van der Waals surface area contributed by atoms with Gasteiger partial charge in [-0.05, 0) is 74.1 Å². The summed E-state index contributed by atoms with van der Waals surface area (Å²) in [6.07, 6.45) is 8.67. The van der Waals surface area contributed by atoms with E-state index < -0.39 is 0 Å². The Labute approximate surface area is 157 Å². The molecule has 2 nitrogen and oxygen atoms in total. The van der Waals surface area contributed by atoms with Gasteiger partial charge >= 0.3 is 0 Å². The van der Waals surface area contributed by atoms with Gasteiger partial charge in [0.1, 0.15) is 0 Å². The van der Waals surface area contributed by atoms with Crippen LogP contribution in [0.15, 0.2) is 48.5 Å². The van der Waals surface area contributed by atoms with Gasteiger partial charge in [-0.25, -0.2) is 0 Å². The van der Waals surface area contributed by atoms with Gasteiger partial charge < -0.3 is 5.32 Å². The summed E-state index contributed by atoms with van der Waals surface area (Å²) in [7, 11) is 0. The van der Waals surface area contributed by atoms with Crippen molar-refractivity contribution in [2.24, 2.45) is 11.8 Å². The second-order valence-electron chi connectivity index (χ2n) is 8.27. The van der Waals surface area contributed by atoms with Crippen molar-refractivity contribution < 1.29 is 4.79 Å². The van der Waals surface area contributed by atoms with Crippen molar-refractivity contribution in [2.75, 3.05) is 5.32 Å². The number of anilines is 1. The maximum atomic E-state index is 13.2. The summed E-state index contributed by atoms with van der Waals surface area (Å²) in [6.45, 7) is 2.10. The van der Waals surface area contributed by atoms with Crippen LogP contribution >= 0.6 is 0 Å². The van der Waals surface area contributed by atoms with Crippen LogP contribution in [0, 0.1) is 18.8 Å². The highest BCUT2D eigenvalue weighted by molar-refractivity contribution is 5.96. The van der Waals surface area contributed by atoms with E-state index in [-0.39, 0.29) is 11.8 Å². The number of carbonyl (C=O) groups is 1. The fourth-order valence-electron chi connectivity index (χ4n) is 4.35. The lowest BCUT2D eigenvalue weighted by Crippen LogP contribution is -2.26. The number of nitrogens with one attached hydrogen (secondary N) is 1. The van der Waals surface area contributed by atoms with Gasteiger partial charge in [-0.15, -0.1) is 0 Å². The molecule has 0 bridgehead atoms. The molecule has 2 fully saturated rings. The third-order valence-electron chi connectivity index (χ3n) is 6.01. The Kier molecular flexibility index (Phi) is 5.10. The number of hydrogen-bond donors (Lipinski definition) is 1. The summed E-state index contributed by atoms with van der Waals surface area (Å²) in [5.74, 6) is 1.45. The Balaban J connectivity index is 1.53. The molecule has 136 valence electrons. The lowest BCUT2D eigenvalue weighted by Gasteiger charge is -2.23. The molecule has 0 heterocycles. The Morgan fingerprint density at radius 2 is 1.77 bits per heavy atom. The molecule has 2 heteroatoms. The number of benzene rings is 2. The van der Waals surface area contributed by atoms with E-state index in [4.69, 9.17) is 0 Å². The lowest BCUT2D eigenvalue weighted by atomic mass is 9.83. The van der Waals surface area contributed by atoms with E-state index in [1.54, 1.807) is 0 Å². The number of hydrogen-bond acceptors (Lipinski definition) is 1. The molecule has 2 aliphatic rings. The van der Waals surface area contributed by atoms with Crippen LogP contribution in [-0.4, -0.2) is 5.91 Å². The molecular formula is C24H29NO. The fraction of sp³-hybridized carbons (Fsp3) is 0.458. The first-order valence-corrected chi connectivity index (χ1v) is 10.2. The Morgan fingerprint density at radius 3 is 2.46 bits per heavy atom. The summed E-state index contributed by atoms with van der Waals surface area (Å²) in [5, 5.41) is 3.23. The molecule has 0 aromatic heterocycles. The van der Waals surface area contributed by atoms with E-state index in [0.717, 1.165) is 36.4 Å². The SMILES string of the molecule is Cc1ccc([C@@H](C(=O)Nc2cccc(CC3CC3)c2)C2CCCC2)cc1. The third kappa shape index (κ3) is 4.17. The topological polar surface area (TPSA) is 29.1 Å². The monoisotopic (exact) mass is 347 g/mol. The van der Waals surface area contributed by atoms with Crippen molar-refractivity contribution in [2.45, 2.75) is 57.8 Å². The minimum absolute atomic E-state index is 0.0369. The first kappa shape index (κ1) is 17.3. The van der Waals surface area contributed by atoms with Crippen molar-refractivity contribution in [3.8, 4) is 0 Å². The number of carbonyl (C=O) groups excluding carboxylic acids is 1. The quantitative estimate of drug-likeness (QED) is 0.696. The zero-order valence-corrected chi connectivity index (χ0v) is 15.7. The van der Waals surface area contributed by atoms with Crippen LogP contribution < -0.4 is 5.32 Å². The molecule has 0 unspecified atom stereocenters. The van der Waals surface area contributed by atoms with Crippen molar-refractivity contribution in [1.82, 2.24) is 0 Å².